The van der Waals surface area contributed by atoms with Crippen molar-refractivity contribution < 1.29 is 28.4 Å². The zero-order chi connectivity index (χ0) is 30.3. The molecular weight excluding hydrogens is 548 g/mol. The first-order valence-electron chi connectivity index (χ1n) is 14.1. The molecule has 0 saturated heterocycles. The maximum Gasteiger partial charge on any atom is 0.271 e. The largest absolute Gasteiger partial charge is 0.488 e. The van der Waals surface area contributed by atoms with Crippen molar-refractivity contribution >= 4 is 5.91 Å². The minimum atomic E-state index is -0.983. The van der Waals surface area contributed by atoms with Crippen LogP contribution in [0.5, 0.6) is 11.5 Å². The lowest BCUT2D eigenvalue weighted by molar-refractivity contribution is 0.0992. The molecule has 0 aliphatic carbocycles. The Morgan fingerprint density at radius 2 is 1.49 bits per heavy atom. The standard InChI is InChI=1S/C33H34N4O6/c1-20(2)25-16-24(14-15-26-29(30(31(34)39)36-42-26)32-35-33(21(3)38)43-37-32)27(40-18-22-10-6-4-7-11-22)17-28(25)41-19-23-12-8-5-9-13-23/h4-13,16-17,20-21,38H,14-15,18-19H2,1-3H3,(H2,34,39). The van der Waals surface area contributed by atoms with Gasteiger partial charge in [0.25, 0.3) is 11.8 Å². The van der Waals surface area contributed by atoms with Gasteiger partial charge in [-0.05, 0) is 47.6 Å². The summed E-state index contributed by atoms with van der Waals surface area (Å²) in [5.74, 6) is 1.23. The third kappa shape index (κ3) is 7.10. The van der Waals surface area contributed by atoms with Gasteiger partial charge >= 0.3 is 0 Å². The van der Waals surface area contributed by atoms with E-state index in [0.717, 1.165) is 28.0 Å². The average Bonchev–Trinajstić information content (AvgIpc) is 3.67. The Kier molecular flexibility index (Phi) is 9.17. The maximum absolute atomic E-state index is 12.1. The molecule has 0 fully saturated rings. The molecule has 0 aliphatic rings. The lowest BCUT2D eigenvalue weighted by atomic mass is 9.96. The molecule has 10 heteroatoms. The van der Waals surface area contributed by atoms with Crippen molar-refractivity contribution in [3.05, 3.63) is 112 Å². The number of ether oxygens (including phenoxy) is 2. The van der Waals surface area contributed by atoms with Crippen LogP contribution < -0.4 is 15.2 Å². The molecule has 0 radical (unpaired) electrons. The highest BCUT2D eigenvalue weighted by Crippen LogP contribution is 2.36. The second kappa shape index (κ2) is 13.3. The van der Waals surface area contributed by atoms with Crippen LogP contribution in [0, 0.1) is 0 Å². The molecule has 2 heterocycles. The normalized spacial score (nSPS) is 11.9. The predicted octanol–water partition coefficient (Wildman–Crippen LogP) is 5.94. The number of primary amides is 1. The molecule has 0 saturated carbocycles. The average molecular weight is 583 g/mol. The number of aliphatic hydroxyl groups is 1. The van der Waals surface area contributed by atoms with E-state index in [4.69, 9.17) is 24.3 Å². The van der Waals surface area contributed by atoms with Crippen molar-refractivity contribution in [3.8, 4) is 22.9 Å². The number of aryl methyl sites for hydroxylation is 2. The Morgan fingerprint density at radius 3 is 2.05 bits per heavy atom. The van der Waals surface area contributed by atoms with Crippen LogP contribution in [0.1, 0.15) is 77.2 Å². The van der Waals surface area contributed by atoms with Gasteiger partial charge in [0.05, 0.1) is 5.56 Å². The number of carbonyl (C=O) groups is 1. The van der Waals surface area contributed by atoms with E-state index in [9.17, 15) is 9.90 Å². The highest BCUT2D eigenvalue weighted by molar-refractivity contribution is 5.97. The Morgan fingerprint density at radius 1 is 0.860 bits per heavy atom. The van der Waals surface area contributed by atoms with Gasteiger partial charge in [0, 0.05) is 12.5 Å². The monoisotopic (exact) mass is 582 g/mol. The van der Waals surface area contributed by atoms with Crippen LogP contribution in [0.25, 0.3) is 11.4 Å². The summed E-state index contributed by atoms with van der Waals surface area (Å²) < 4.78 is 23.4. The Bertz CT molecular complexity index is 1660. The van der Waals surface area contributed by atoms with E-state index in [1.807, 2.05) is 66.7 Å². The minimum Gasteiger partial charge on any atom is -0.488 e. The van der Waals surface area contributed by atoms with Crippen LogP contribution in [-0.2, 0) is 26.1 Å². The van der Waals surface area contributed by atoms with Crippen molar-refractivity contribution in [3.63, 3.8) is 0 Å². The van der Waals surface area contributed by atoms with Gasteiger partial charge in [-0.1, -0.05) is 84.8 Å². The molecule has 1 amide bonds. The number of aliphatic hydroxyl groups excluding tert-OH is 1. The Labute approximate surface area is 249 Å². The van der Waals surface area contributed by atoms with E-state index in [1.165, 1.54) is 6.92 Å². The zero-order valence-corrected chi connectivity index (χ0v) is 24.3. The molecule has 3 aromatic carbocycles. The van der Waals surface area contributed by atoms with Gasteiger partial charge in [-0.2, -0.15) is 4.98 Å². The summed E-state index contributed by atoms with van der Waals surface area (Å²) in [6.45, 7) is 6.52. The first-order chi connectivity index (χ1) is 20.8. The summed E-state index contributed by atoms with van der Waals surface area (Å²) in [7, 11) is 0. The fourth-order valence-corrected chi connectivity index (χ4v) is 4.65. The second-order valence-electron chi connectivity index (χ2n) is 10.5. The third-order valence-corrected chi connectivity index (χ3v) is 6.93. The number of benzene rings is 3. The highest BCUT2D eigenvalue weighted by Gasteiger charge is 2.27. The van der Waals surface area contributed by atoms with Crippen molar-refractivity contribution in [2.45, 2.75) is 58.8 Å². The molecule has 5 rings (SSSR count). The topological polar surface area (TPSA) is 147 Å². The number of carbonyl (C=O) groups excluding carboxylic acids is 1. The van der Waals surface area contributed by atoms with E-state index >= 15 is 0 Å². The van der Waals surface area contributed by atoms with Gasteiger partial charge in [0.2, 0.25) is 5.82 Å². The molecule has 0 spiro atoms. The van der Waals surface area contributed by atoms with E-state index in [2.05, 4.69) is 35.2 Å². The number of nitrogens with zero attached hydrogens (tertiary/aromatic N) is 3. The van der Waals surface area contributed by atoms with Crippen LogP contribution in [0.3, 0.4) is 0 Å². The summed E-state index contributed by atoms with van der Waals surface area (Å²) in [6, 6.07) is 24.0. The number of nitrogens with two attached hydrogens (primary N) is 1. The summed E-state index contributed by atoms with van der Waals surface area (Å²) in [4.78, 5) is 16.4. The molecule has 1 atom stereocenters. The smallest absolute Gasteiger partial charge is 0.271 e. The summed E-state index contributed by atoms with van der Waals surface area (Å²) in [5, 5.41) is 17.6. The zero-order valence-electron chi connectivity index (χ0n) is 24.3. The molecule has 222 valence electrons. The molecule has 2 aromatic heterocycles. The molecule has 5 aromatic rings. The predicted molar refractivity (Wildman–Crippen MR) is 158 cm³/mol. The lowest BCUT2D eigenvalue weighted by Crippen LogP contribution is -2.13. The van der Waals surface area contributed by atoms with Crippen LogP contribution >= 0.6 is 0 Å². The van der Waals surface area contributed by atoms with Gasteiger partial charge in [-0.25, -0.2) is 0 Å². The molecule has 0 bridgehead atoms. The van der Waals surface area contributed by atoms with Gasteiger partial charge in [0.1, 0.15) is 36.6 Å². The first kappa shape index (κ1) is 29.5. The quantitative estimate of drug-likeness (QED) is 0.172. The summed E-state index contributed by atoms with van der Waals surface area (Å²) >= 11 is 0. The number of hydrogen-bond acceptors (Lipinski definition) is 9. The van der Waals surface area contributed by atoms with Crippen LogP contribution in [0.2, 0.25) is 0 Å². The van der Waals surface area contributed by atoms with Crippen molar-refractivity contribution in [1.82, 2.24) is 15.3 Å². The first-order valence-corrected chi connectivity index (χ1v) is 14.1. The summed E-state index contributed by atoms with van der Waals surface area (Å²) in [5.41, 5.74) is 9.75. The third-order valence-electron chi connectivity index (χ3n) is 6.93. The minimum absolute atomic E-state index is 0.00170. The maximum atomic E-state index is 12.1. The van der Waals surface area contributed by atoms with Crippen molar-refractivity contribution in [2.75, 3.05) is 0 Å². The fraction of sp³-hybridized carbons (Fsp3) is 0.273. The van der Waals surface area contributed by atoms with Crippen molar-refractivity contribution in [2.24, 2.45) is 5.73 Å². The van der Waals surface area contributed by atoms with E-state index in [-0.39, 0.29) is 28.9 Å². The SMILES string of the molecule is CC(C)c1cc(CCc2onc(C(N)=O)c2-c2noc(C(C)O)n2)c(OCc2ccccc2)cc1OCc1ccccc1. The van der Waals surface area contributed by atoms with Crippen LogP contribution in [0.15, 0.2) is 81.8 Å². The number of rotatable bonds is 13. The van der Waals surface area contributed by atoms with E-state index in [0.29, 0.717) is 37.6 Å². The Hall–Kier alpha value is -4.96. The number of hydrogen-bond donors (Lipinski definition) is 2. The highest BCUT2D eigenvalue weighted by atomic mass is 16.5. The Balaban J connectivity index is 1.47. The number of aromatic nitrogens is 3. The van der Waals surface area contributed by atoms with Gasteiger partial charge < -0.3 is 29.4 Å². The fourth-order valence-electron chi connectivity index (χ4n) is 4.65. The number of amides is 1. The van der Waals surface area contributed by atoms with Gasteiger partial charge in [0.15, 0.2) is 5.69 Å². The lowest BCUT2D eigenvalue weighted by Gasteiger charge is -2.20. The molecule has 0 aliphatic heterocycles. The van der Waals surface area contributed by atoms with Crippen LogP contribution in [0.4, 0.5) is 0 Å². The van der Waals surface area contributed by atoms with Crippen molar-refractivity contribution in [1.29, 1.82) is 0 Å². The van der Waals surface area contributed by atoms with Gasteiger partial charge in [-0.3, -0.25) is 4.79 Å². The molecule has 43 heavy (non-hydrogen) atoms. The van der Waals surface area contributed by atoms with Crippen LogP contribution in [-0.4, -0.2) is 26.3 Å². The molecule has 10 nitrogen and oxygen atoms in total. The molecular formula is C33H34N4O6. The summed E-state index contributed by atoms with van der Waals surface area (Å²) in [6.07, 6.45) is -0.176. The van der Waals surface area contributed by atoms with Gasteiger partial charge in [-0.15, -0.1) is 0 Å². The van der Waals surface area contributed by atoms with E-state index in [1.54, 1.807) is 0 Å². The second-order valence-corrected chi connectivity index (χ2v) is 10.5. The molecule has 1 unspecified atom stereocenters. The van der Waals surface area contributed by atoms with E-state index < -0.39 is 12.0 Å². The molecule has 3 N–H and O–H groups in total.